The molecule has 2 N–H and O–H groups in total. The van der Waals surface area contributed by atoms with Gasteiger partial charge in [-0.1, -0.05) is 18.2 Å². The van der Waals surface area contributed by atoms with Gasteiger partial charge in [0.05, 0.1) is 27.4 Å². The van der Waals surface area contributed by atoms with Crippen LogP contribution in [0.4, 0.5) is 0 Å². The van der Waals surface area contributed by atoms with Gasteiger partial charge in [0.25, 0.3) is 5.91 Å². The molecule has 1 amide bonds. The van der Waals surface area contributed by atoms with E-state index in [1.807, 2.05) is 6.07 Å². The van der Waals surface area contributed by atoms with Crippen LogP contribution < -0.4 is 19.5 Å². The predicted molar refractivity (Wildman–Crippen MR) is 108 cm³/mol. The highest BCUT2D eigenvalue weighted by atomic mass is 16.5. The molecule has 0 aliphatic heterocycles. The maximum Gasteiger partial charge on any atom is 0.252 e. The molecule has 1 aromatic heterocycles. The number of carbonyl (C=O) groups excluding carboxylic acids is 1. The molecule has 0 unspecified atom stereocenters. The Hall–Kier alpha value is -3.15. The average molecular weight is 380 g/mol. The van der Waals surface area contributed by atoms with E-state index in [-0.39, 0.29) is 11.9 Å². The summed E-state index contributed by atoms with van der Waals surface area (Å²) in [5, 5.41) is 4.41. The Bertz CT molecular complexity index is 1000. The lowest BCUT2D eigenvalue weighted by Crippen LogP contribution is -2.31. The Balaban J connectivity index is 1.65. The van der Waals surface area contributed by atoms with Crippen molar-refractivity contribution in [3.8, 4) is 17.2 Å². The van der Waals surface area contributed by atoms with Gasteiger partial charge in [-0.2, -0.15) is 0 Å². The molecule has 6 nitrogen and oxygen atoms in total. The lowest BCUT2D eigenvalue weighted by molar-refractivity contribution is 0.0931. The summed E-state index contributed by atoms with van der Waals surface area (Å²) in [7, 11) is 4.62. The number of para-hydroxylation sites is 1. The van der Waals surface area contributed by atoms with Crippen LogP contribution in [0.1, 0.15) is 40.5 Å². The number of aromatic amines is 1. The number of methoxy groups -OCH3 is 3. The molecule has 0 saturated carbocycles. The normalized spacial score (nSPS) is 15.8. The number of hydrogen-bond donors (Lipinski definition) is 2. The number of aromatic nitrogens is 1. The maximum absolute atomic E-state index is 13.0. The molecule has 1 atom stereocenters. The van der Waals surface area contributed by atoms with Crippen LogP contribution in [0.15, 0.2) is 36.4 Å². The van der Waals surface area contributed by atoms with Gasteiger partial charge in [0.2, 0.25) is 5.75 Å². The molecule has 28 heavy (non-hydrogen) atoms. The van der Waals surface area contributed by atoms with Gasteiger partial charge >= 0.3 is 0 Å². The second kappa shape index (κ2) is 7.46. The first-order valence-corrected chi connectivity index (χ1v) is 9.36. The van der Waals surface area contributed by atoms with Crippen molar-refractivity contribution in [1.29, 1.82) is 0 Å². The van der Waals surface area contributed by atoms with Gasteiger partial charge in [-0.15, -0.1) is 0 Å². The lowest BCUT2D eigenvalue weighted by Gasteiger charge is -2.24. The third-order valence-corrected chi connectivity index (χ3v) is 5.35. The number of fused-ring (bicyclic) bond motifs is 3. The Labute approximate surface area is 163 Å². The number of benzene rings is 2. The van der Waals surface area contributed by atoms with E-state index >= 15 is 0 Å². The van der Waals surface area contributed by atoms with Gasteiger partial charge in [0.1, 0.15) is 0 Å². The smallest absolute Gasteiger partial charge is 0.252 e. The van der Waals surface area contributed by atoms with E-state index in [4.69, 9.17) is 14.2 Å². The van der Waals surface area contributed by atoms with E-state index in [2.05, 4.69) is 28.5 Å². The van der Waals surface area contributed by atoms with Crippen LogP contribution >= 0.6 is 0 Å². The first-order chi connectivity index (χ1) is 13.7. The molecule has 0 fully saturated rings. The van der Waals surface area contributed by atoms with E-state index in [0.717, 1.165) is 30.5 Å². The van der Waals surface area contributed by atoms with Crippen LogP contribution in [0.2, 0.25) is 0 Å². The summed E-state index contributed by atoms with van der Waals surface area (Å²) < 4.78 is 16.1. The molecule has 1 heterocycles. The summed E-state index contributed by atoms with van der Waals surface area (Å²) in [4.78, 5) is 16.5. The molecular weight excluding hydrogens is 356 g/mol. The van der Waals surface area contributed by atoms with Gasteiger partial charge in [-0.25, -0.2) is 0 Å². The van der Waals surface area contributed by atoms with Gasteiger partial charge in [0, 0.05) is 22.2 Å². The van der Waals surface area contributed by atoms with Gasteiger partial charge < -0.3 is 24.5 Å². The molecule has 0 saturated heterocycles. The highest BCUT2D eigenvalue weighted by Crippen LogP contribution is 2.39. The van der Waals surface area contributed by atoms with E-state index in [0.29, 0.717) is 22.8 Å². The standard InChI is InChI=1S/C22H24N2O4/c1-26-18-11-13(12-19(27-2)21(18)28-3)22(25)24-17-10-6-8-15-14-7-4-5-9-16(14)23-20(15)17/h4-5,7,9,11-12,17,23H,6,8,10H2,1-3H3,(H,24,25)/t17-/m0/s1. The van der Waals surface area contributed by atoms with Crippen LogP contribution in [0.3, 0.4) is 0 Å². The number of ether oxygens (including phenoxy) is 3. The van der Waals surface area contributed by atoms with Crippen LogP contribution in [0, 0.1) is 0 Å². The Morgan fingerprint density at radius 1 is 1.07 bits per heavy atom. The largest absolute Gasteiger partial charge is 0.493 e. The van der Waals surface area contributed by atoms with Crippen LogP contribution in [0.5, 0.6) is 17.2 Å². The first kappa shape index (κ1) is 18.2. The fraction of sp³-hybridized carbons (Fsp3) is 0.318. The maximum atomic E-state index is 13.0. The molecule has 1 aliphatic rings. The fourth-order valence-corrected chi connectivity index (χ4v) is 4.01. The summed E-state index contributed by atoms with van der Waals surface area (Å²) in [6.45, 7) is 0. The molecule has 6 heteroatoms. The van der Waals surface area contributed by atoms with Crippen LogP contribution in [0.25, 0.3) is 10.9 Å². The third kappa shape index (κ3) is 3.05. The Morgan fingerprint density at radius 3 is 2.46 bits per heavy atom. The van der Waals surface area contributed by atoms with E-state index in [9.17, 15) is 4.79 Å². The van der Waals surface area contributed by atoms with Crippen molar-refractivity contribution < 1.29 is 19.0 Å². The monoisotopic (exact) mass is 380 g/mol. The number of rotatable bonds is 5. The van der Waals surface area contributed by atoms with Gasteiger partial charge in [-0.3, -0.25) is 4.79 Å². The highest BCUT2D eigenvalue weighted by molar-refractivity contribution is 5.96. The molecule has 146 valence electrons. The van der Waals surface area contributed by atoms with E-state index < -0.39 is 0 Å². The van der Waals surface area contributed by atoms with Crippen molar-refractivity contribution in [3.63, 3.8) is 0 Å². The average Bonchev–Trinajstić information content (AvgIpc) is 3.12. The Morgan fingerprint density at radius 2 is 1.79 bits per heavy atom. The van der Waals surface area contributed by atoms with Crippen molar-refractivity contribution in [2.24, 2.45) is 0 Å². The fourth-order valence-electron chi connectivity index (χ4n) is 4.01. The summed E-state index contributed by atoms with van der Waals surface area (Å²) in [5.41, 5.74) is 3.99. The van der Waals surface area contributed by atoms with Crippen molar-refractivity contribution in [2.75, 3.05) is 21.3 Å². The molecule has 0 bridgehead atoms. The molecular formula is C22H24N2O4. The zero-order valence-corrected chi connectivity index (χ0v) is 16.3. The number of carbonyl (C=O) groups is 1. The van der Waals surface area contributed by atoms with Crippen LogP contribution in [-0.4, -0.2) is 32.2 Å². The van der Waals surface area contributed by atoms with Gasteiger partial charge in [0.15, 0.2) is 11.5 Å². The number of nitrogens with one attached hydrogen (secondary N) is 2. The lowest BCUT2D eigenvalue weighted by atomic mass is 9.91. The van der Waals surface area contributed by atoms with E-state index in [1.54, 1.807) is 19.2 Å². The number of H-pyrrole nitrogens is 1. The number of hydrogen-bond acceptors (Lipinski definition) is 4. The predicted octanol–water partition coefficient (Wildman–Crippen LogP) is 4.00. The molecule has 1 aliphatic carbocycles. The quantitative estimate of drug-likeness (QED) is 0.702. The molecule has 4 rings (SSSR count). The van der Waals surface area contributed by atoms with E-state index in [1.165, 1.54) is 25.2 Å². The highest BCUT2D eigenvalue weighted by Gasteiger charge is 2.26. The second-order valence-corrected chi connectivity index (χ2v) is 6.90. The van der Waals surface area contributed by atoms with Crippen molar-refractivity contribution >= 4 is 16.8 Å². The molecule has 0 radical (unpaired) electrons. The molecule has 2 aromatic carbocycles. The minimum absolute atomic E-state index is 0.0530. The third-order valence-electron chi connectivity index (χ3n) is 5.35. The Kier molecular flexibility index (Phi) is 4.86. The van der Waals surface area contributed by atoms with Crippen molar-refractivity contribution in [2.45, 2.75) is 25.3 Å². The minimum atomic E-state index is -0.171. The first-order valence-electron chi connectivity index (χ1n) is 9.36. The summed E-state index contributed by atoms with van der Waals surface area (Å²) in [6, 6.07) is 11.6. The van der Waals surface area contributed by atoms with Crippen LogP contribution in [-0.2, 0) is 6.42 Å². The summed E-state index contributed by atoms with van der Waals surface area (Å²) in [6.07, 6.45) is 2.96. The summed E-state index contributed by atoms with van der Waals surface area (Å²) >= 11 is 0. The zero-order valence-electron chi connectivity index (χ0n) is 16.3. The zero-order chi connectivity index (χ0) is 19.7. The SMILES string of the molecule is COc1cc(C(=O)N[C@H]2CCCc3c2[nH]c2ccccc32)cc(OC)c1OC. The summed E-state index contributed by atoms with van der Waals surface area (Å²) in [5.74, 6) is 1.22. The number of amides is 1. The van der Waals surface area contributed by atoms with Gasteiger partial charge in [-0.05, 0) is 43.0 Å². The van der Waals surface area contributed by atoms with Crippen molar-refractivity contribution in [3.05, 3.63) is 53.2 Å². The molecule has 3 aromatic rings. The molecule has 0 spiro atoms. The number of aryl methyl sites for hydroxylation is 1. The topological polar surface area (TPSA) is 72.6 Å². The second-order valence-electron chi connectivity index (χ2n) is 6.90. The van der Waals surface area contributed by atoms with Crippen molar-refractivity contribution in [1.82, 2.24) is 10.3 Å². The minimum Gasteiger partial charge on any atom is -0.493 e.